The average molecular weight is 525 g/mol. The van der Waals surface area contributed by atoms with Crippen LogP contribution >= 0.6 is 0 Å². The Labute approximate surface area is 211 Å². The number of halogens is 4. The second kappa shape index (κ2) is 11.3. The number of amides is 2. The lowest BCUT2D eigenvalue weighted by atomic mass is 10.00. The number of urea groups is 1. The zero-order chi connectivity index (χ0) is 26.6. The van der Waals surface area contributed by atoms with Gasteiger partial charge in [0.15, 0.2) is 0 Å². The molecule has 0 aliphatic carbocycles. The number of rotatable bonds is 6. The summed E-state index contributed by atoms with van der Waals surface area (Å²) >= 11 is 0. The van der Waals surface area contributed by atoms with E-state index in [2.05, 4.69) is 10.3 Å². The van der Waals surface area contributed by atoms with Crippen molar-refractivity contribution in [1.29, 1.82) is 0 Å². The van der Waals surface area contributed by atoms with Crippen LogP contribution in [0, 0.1) is 18.7 Å². The number of anilines is 2. The molecule has 2 aliphatic heterocycles. The molecule has 12 heteroatoms. The number of benzene rings is 1. The van der Waals surface area contributed by atoms with Gasteiger partial charge in [-0.2, -0.15) is 18.2 Å². The topological polar surface area (TPSA) is 87.2 Å². The Morgan fingerprint density at radius 2 is 2.00 bits per heavy atom. The van der Waals surface area contributed by atoms with Crippen molar-refractivity contribution in [2.75, 3.05) is 62.8 Å². The van der Waals surface area contributed by atoms with Gasteiger partial charge in [-0.05, 0) is 41.8 Å². The van der Waals surface area contributed by atoms with E-state index in [-0.39, 0.29) is 31.3 Å². The predicted octanol–water partition coefficient (Wildman–Crippen LogP) is 3.99. The minimum absolute atomic E-state index is 0.0163. The number of pyridine rings is 1. The number of carbonyl (C=O) groups is 1. The molecule has 1 aromatic heterocycles. The van der Waals surface area contributed by atoms with Crippen LogP contribution in [0.4, 0.5) is 33.9 Å². The molecule has 37 heavy (non-hydrogen) atoms. The maximum atomic E-state index is 14.8. The molecule has 1 atom stereocenters. The Balaban J connectivity index is 1.62. The zero-order valence-corrected chi connectivity index (χ0v) is 20.2. The maximum Gasteiger partial charge on any atom is 0.396 e. The van der Waals surface area contributed by atoms with E-state index in [4.69, 9.17) is 14.6 Å². The van der Waals surface area contributed by atoms with Crippen LogP contribution in [0.3, 0.4) is 0 Å². The highest BCUT2D eigenvalue weighted by Crippen LogP contribution is 2.34. The third-order valence-electron chi connectivity index (χ3n) is 6.15. The molecule has 2 aliphatic rings. The van der Waals surface area contributed by atoms with Crippen molar-refractivity contribution >= 4 is 17.5 Å². The van der Waals surface area contributed by atoms with Crippen LogP contribution in [0.2, 0.25) is 0 Å². The molecule has 1 unspecified atom stereocenters. The molecule has 1 aromatic carbocycles. The van der Waals surface area contributed by atoms with E-state index in [9.17, 15) is 22.4 Å². The summed E-state index contributed by atoms with van der Waals surface area (Å²) in [4.78, 5) is 20.2. The first-order chi connectivity index (χ1) is 17.7. The number of morpholine rings is 1. The highest BCUT2D eigenvalue weighted by Gasteiger charge is 2.40. The first-order valence-electron chi connectivity index (χ1n) is 11.8. The van der Waals surface area contributed by atoms with Gasteiger partial charge in [0.1, 0.15) is 18.2 Å². The SMILES string of the molecule is Cc1cc(F)c(NC(=O)N2CC=CC(C(F)(F)F)C2)cc1-c1cc(OCCO)nc(N2CCOCC2)c1. The van der Waals surface area contributed by atoms with Crippen molar-refractivity contribution in [1.82, 2.24) is 9.88 Å². The number of aryl methyl sites for hydroxylation is 1. The number of aliphatic hydroxyl groups is 1. The lowest BCUT2D eigenvalue weighted by Gasteiger charge is -2.30. The normalized spacial score (nSPS) is 18.2. The molecule has 1 fully saturated rings. The summed E-state index contributed by atoms with van der Waals surface area (Å²) in [6.45, 7) is 3.26. The van der Waals surface area contributed by atoms with E-state index >= 15 is 0 Å². The van der Waals surface area contributed by atoms with Crippen molar-refractivity contribution in [2.24, 2.45) is 5.92 Å². The molecule has 2 amide bonds. The van der Waals surface area contributed by atoms with Crippen LogP contribution in [0.25, 0.3) is 11.1 Å². The number of nitrogens with one attached hydrogen (secondary N) is 1. The molecule has 2 N–H and O–H groups in total. The lowest BCUT2D eigenvalue weighted by Crippen LogP contribution is -2.44. The van der Waals surface area contributed by atoms with Gasteiger partial charge in [-0.15, -0.1) is 0 Å². The summed E-state index contributed by atoms with van der Waals surface area (Å²) in [5.74, 6) is -1.62. The van der Waals surface area contributed by atoms with Crippen molar-refractivity contribution in [3.8, 4) is 17.0 Å². The van der Waals surface area contributed by atoms with Gasteiger partial charge in [0.25, 0.3) is 0 Å². The molecule has 0 bridgehead atoms. The lowest BCUT2D eigenvalue weighted by molar-refractivity contribution is -0.164. The van der Waals surface area contributed by atoms with E-state index in [1.807, 2.05) is 11.0 Å². The molecule has 2 aromatic rings. The molecular formula is C25H28F4N4O4. The van der Waals surface area contributed by atoms with Crippen LogP contribution in [0.5, 0.6) is 5.88 Å². The van der Waals surface area contributed by atoms with Gasteiger partial charge in [-0.25, -0.2) is 9.18 Å². The van der Waals surface area contributed by atoms with Gasteiger partial charge in [-0.1, -0.05) is 12.2 Å². The van der Waals surface area contributed by atoms with E-state index in [1.54, 1.807) is 13.0 Å². The van der Waals surface area contributed by atoms with Gasteiger partial charge in [0, 0.05) is 32.2 Å². The molecule has 1 saturated heterocycles. The maximum absolute atomic E-state index is 14.8. The largest absolute Gasteiger partial charge is 0.475 e. The fourth-order valence-corrected chi connectivity index (χ4v) is 4.20. The number of carbonyl (C=O) groups excluding carboxylic acids is 1. The number of hydrogen-bond donors (Lipinski definition) is 2. The quantitative estimate of drug-likeness (QED) is 0.439. The number of aromatic nitrogens is 1. The summed E-state index contributed by atoms with van der Waals surface area (Å²) in [6, 6.07) is 5.32. The van der Waals surface area contributed by atoms with E-state index in [1.165, 1.54) is 18.2 Å². The summed E-state index contributed by atoms with van der Waals surface area (Å²) in [5.41, 5.74) is 1.62. The third-order valence-corrected chi connectivity index (χ3v) is 6.15. The van der Waals surface area contributed by atoms with Crippen LogP contribution < -0.4 is 15.0 Å². The molecule has 3 heterocycles. The highest BCUT2D eigenvalue weighted by atomic mass is 19.4. The van der Waals surface area contributed by atoms with Crippen LogP contribution in [0.15, 0.2) is 36.4 Å². The van der Waals surface area contributed by atoms with Gasteiger partial charge < -0.3 is 29.7 Å². The summed E-state index contributed by atoms with van der Waals surface area (Å²) in [6.07, 6.45) is -2.18. The first-order valence-corrected chi connectivity index (χ1v) is 11.8. The van der Waals surface area contributed by atoms with Gasteiger partial charge in [-0.3, -0.25) is 0 Å². The molecule has 8 nitrogen and oxygen atoms in total. The summed E-state index contributed by atoms with van der Waals surface area (Å²) in [7, 11) is 0. The van der Waals surface area contributed by atoms with Crippen molar-refractivity contribution in [2.45, 2.75) is 13.1 Å². The van der Waals surface area contributed by atoms with Crippen molar-refractivity contribution < 1.29 is 36.9 Å². The minimum Gasteiger partial charge on any atom is -0.475 e. The summed E-state index contributed by atoms with van der Waals surface area (Å²) < 4.78 is 65.2. The number of ether oxygens (including phenoxy) is 2. The number of aliphatic hydroxyl groups excluding tert-OH is 1. The van der Waals surface area contributed by atoms with Crippen LogP contribution in [-0.2, 0) is 4.74 Å². The minimum atomic E-state index is -4.48. The number of hydrogen-bond acceptors (Lipinski definition) is 6. The Kier molecular flexibility index (Phi) is 8.18. The average Bonchev–Trinajstić information content (AvgIpc) is 2.89. The second-order valence-electron chi connectivity index (χ2n) is 8.78. The number of nitrogens with zero attached hydrogens (tertiary/aromatic N) is 3. The van der Waals surface area contributed by atoms with Crippen molar-refractivity contribution in [3.05, 3.63) is 47.8 Å². The standard InChI is InChI=1S/C25H28F4N4O4/c1-16-11-20(26)21(30-24(35)33-4-2-3-18(15-33)25(27,28)29)14-19(16)17-12-22(32-5-8-36-9-6-32)31-23(13-17)37-10-7-34/h2-3,11-14,18,34H,4-10,15H2,1H3,(H,30,35). The molecule has 4 rings (SSSR count). The number of alkyl halides is 3. The Hall–Kier alpha value is -3.38. The molecule has 200 valence electrons. The Morgan fingerprint density at radius 1 is 1.24 bits per heavy atom. The van der Waals surface area contributed by atoms with Crippen LogP contribution in [0.1, 0.15) is 5.56 Å². The monoisotopic (exact) mass is 524 g/mol. The molecule has 0 spiro atoms. The zero-order valence-electron chi connectivity index (χ0n) is 20.2. The molecular weight excluding hydrogens is 496 g/mol. The van der Waals surface area contributed by atoms with Crippen LogP contribution in [-0.4, -0.2) is 79.8 Å². The van der Waals surface area contributed by atoms with Crippen molar-refractivity contribution in [3.63, 3.8) is 0 Å². The first kappa shape index (κ1) is 26.7. The van der Waals surface area contributed by atoms with E-state index in [0.29, 0.717) is 48.8 Å². The highest BCUT2D eigenvalue weighted by molar-refractivity contribution is 5.91. The van der Waals surface area contributed by atoms with Gasteiger partial charge in [0.05, 0.1) is 31.4 Å². The fourth-order valence-electron chi connectivity index (χ4n) is 4.20. The van der Waals surface area contributed by atoms with E-state index < -0.39 is 30.5 Å². The molecule has 0 radical (unpaired) electrons. The van der Waals surface area contributed by atoms with Gasteiger partial charge in [0.2, 0.25) is 5.88 Å². The summed E-state index contributed by atoms with van der Waals surface area (Å²) in [5, 5.41) is 11.6. The predicted molar refractivity (Wildman–Crippen MR) is 129 cm³/mol. The molecule has 0 saturated carbocycles. The Morgan fingerprint density at radius 3 is 2.70 bits per heavy atom. The smallest absolute Gasteiger partial charge is 0.396 e. The Bertz CT molecular complexity index is 1150. The second-order valence-corrected chi connectivity index (χ2v) is 8.78. The third kappa shape index (κ3) is 6.50. The van der Waals surface area contributed by atoms with Gasteiger partial charge >= 0.3 is 12.2 Å². The fraction of sp³-hybridized carbons (Fsp3) is 0.440. The van der Waals surface area contributed by atoms with E-state index in [0.717, 1.165) is 11.0 Å².